The summed E-state index contributed by atoms with van der Waals surface area (Å²) in [7, 11) is 0. The molecule has 0 amide bonds. The van der Waals surface area contributed by atoms with Gasteiger partial charge in [0.25, 0.3) is 0 Å². The van der Waals surface area contributed by atoms with Gasteiger partial charge in [-0.2, -0.15) is 0 Å². The SMILES string of the molecule is Cc1c(CCl)ccc(Br)c1I. The van der Waals surface area contributed by atoms with E-state index in [2.05, 4.69) is 51.5 Å². The zero-order valence-electron chi connectivity index (χ0n) is 6.00. The van der Waals surface area contributed by atoms with Gasteiger partial charge >= 0.3 is 0 Å². The van der Waals surface area contributed by atoms with Gasteiger partial charge in [0.1, 0.15) is 0 Å². The van der Waals surface area contributed by atoms with Crippen LogP contribution in [0, 0.1) is 10.5 Å². The van der Waals surface area contributed by atoms with Crippen LogP contribution in [0.1, 0.15) is 11.1 Å². The molecule has 0 saturated heterocycles. The van der Waals surface area contributed by atoms with Crippen molar-refractivity contribution in [3.8, 4) is 0 Å². The lowest BCUT2D eigenvalue weighted by Gasteiger charge is -2.05. The van der Waals surface area contributed by atoms with E-state index in [0.29, 0.717) is 5.88 Å². The Balaban J connectivity index is 3.25. The fourth-order valence-electron chi connectivity index (χ4n) is 0.837. The number of halogens is 3. The van der Waals surface area contributed by atoms with Crippen LogP contribution in [-0.4, -0.2) is 0 Å². The normalized spacial score (nSPS) is 10.2. The van der Waals surface area contributed by atoms with Crippen LogP contribution in [0.5, 0.6) is 0 Å². The van der Waals surface area contributed by atoms with Gasteiger partial charge in [-0.3, -0.25) is 0 Å². The number of alkyl halides is 1. The standard InChI is InChI=1S/C8H7BrClI/c1-5-6(4-10)2-3-7(9)8(5)11/h2-3H,4H2,1H3. The van der Waals surface area contributed by atoms with Crippen molar-refractivity contribution in [1.82, 2.24) is 0 Å². The second-order valence-corrected chi connectivity index (χ2v) is 4.48. The molecule has 0 nitrogen and oxygen atoms in total. The predicted molar refractivity (Wildman–Crippen MR) is 61.2 cm³/mol. The molecular formula is C8H7BrClI. The summed E-state index contributed by atoms with van der Waals surface area (Å²) in [5, 5.41) is 0. The zero-order valence-corrected chi connectivity index (χ0v) is 10.5. The topological polar surface area (TPSA) is 0 Å². The molecule has 0 saturated carbocycles. The van der Waals surface area contributed by atoms with Crippen molar-refractivity contribution in [2.45, 2.75) is 12.8 Å². The summed E-state index contributed by atoms with van der Waals surface area (Å²) in [6.07, 6.45) is 0. The van der Waals surface area contributed by atoms with Crippen molar-refractivity contribution in [2.24, 2.45) is 0 Å². The summed E-state index contributed by atoms with van der Waals surface area (Å²) in [6, 6.07) is 4.08. The van der Waals surface area contributed by atoms with Crippen LogP contribution in [0.4, 0.5) is 0 Å². The smallest absolute Gasteiger partial charge is 0.0477 e. The van der Waals surface area contributed by atoms with Crippen LogP contribution in [0.15, 0.2) is 16.6 Å². The Labute approximate surface area is 93.6 Å². The molecule has 0 aliphatic carbocycles. The molecule has 1 rings (SSSR count). The van der Waals surface area contributed by atoms with E-state index >= 15 is 0 Å². The van der Waals surface area contributed by atoms with E-state index in [9.17, 15) is 0 Å². The first-order valence-corrected chi connectivity index (χ1v) is 5.57. The highest BCUT2D eigenvalue weighted by atomic mass is 127. The van der Waals surface area contributed by atoms with Crippen LogP contribution in [0.3, 0.4) is 0 Å². The fourth-order valence-corrected chi connectivity index (χ4v) is 2.08. The average molecular weight is 345 g/mol. The number of hydrogen-bond donors (Lipinski definition) is 0. The van der Waals surface area contributed by atoms with Gasteiger partial charge in [-0.15, -0.1) is 11.6 Å². The highest BCUT2D eigenvalue weighted by Crippen LogP contribution is 2.25. The summed E-state index contributed by atoms with van der Waals surface area (Å²) in [5.74, 6) is 0.592. The predicted octanol–water partition coefficient (Wildman–Crippen LogP) is 4.10. The van der Waals surface area contributed by atoms with Gasteiger partial charge in [0, 0.05) is 13.9 Å². The lowest BCUT2D eigenvalue weighted by molar-refractivity contribution is 1.27. The molecule has 0 unspecified atom stereocenters. The molecule has 60 valence electrons. The summed E-state index contributed by atoms with van der Waals surface area (Å²) < 4.78 is 2.39. The lowest BCUT2D eigenvalue weighted by Crippen LogP contribution is -1.89. The molecular weight excluding hydrogens is 338 g/mol. The Kier molecular flexibility index (Phi) is 3.65. The van der Waals surface area contributed by atoms with Gasteiger partial charge in [0.15, 0.2) is 0 Å². The van der Waals surface area contributed by atoms with Crippen molar-refractivity contribution < 1.29 is 0 Å². The monoisotopic (exact) mass is 344 g/mol. The first-order valence-electron chi connectivity index (χ1n) is 3.16. The minimum atomic E-state index is 0.592. The van der Waals surface area contributed by atoms with E-state index in [0.717, 1.165) is 4.47 Å². The maximum atomic E-state index is 5.74. The number of rotatable bonds is 1. The molecule has 0 fully saturated rings. The average Bonchev–Trinajstić information content (AvgIpc) is 2.01. The molecule has 0 N–H and O–H groups in total. The quantitative estimate of drug-likeness (QED) is 0.531. The van der Waals surface area contributed by atoms with Crippen molar-refractivity contribution in [1.29, 1.82) is 0 Å². The Morgan fingerprint density at radius 3 is 2.73 bits per heavy atom. The molecule has 1 aromatic rings. The Morgan fingerprint density at radius 1 is 1.55 bits per heavy atom. The third-order valence-electron chi connectivity index (χ3n) is 1.60. The fraction of sp³-hybridized carbons (Fsp3) is 0.250. The molecule has 11 heavy (non-hydrogen) atoms. The van der Waals surface area contributed by atoms with E-state index in [-0.39, 0.29) is 0 Å². The minimum absolute atomic E-state index is 0.592. The van der Waals surface area contributed by atoms with Crippen molar-refractivity contribution in [3.63, 3.8) is 0 Å². The number of hydrogen-bond acceptors (Lipinski definition) is 0. The molecule has 0 aliphatic heterocycles. The summed E-state index contributed by atoms with van der Waals surface area (Å²) in [5.41, 5.74) is 2.48. The van der Waals surface area contributed by atoms with Crippen LogP contribution in [-0.2, 0) is 5.88 Å². The van der Waals surface area contributed by atoms with Crippen LogP contribution < -0.4 is 0 Å². The molecule has 1 aromatic carbocycles. The summed E-state index contributed by atoms with van der Waals surface area (Å²) >= 11 is 11.5. The minimum Gasteiger partial charge on any atom is -0.122 e. The van der Waals surface area contributed by atoms with Gasteiger partial charge in [0.05, 0.1) is 0 Å². The van der Waals surface area contributed by atoms with E-state index in [1.54, 1.807) is 0 Å². The van der Waals surface area contributed by atoms with Crippen LogP contribution in [0.2, 0.25) is 0 Å². The summed E-state index contributed by atoms with van der Waals surface area (Å²) in [4.78, 5) is 0. The van der Waals surface area contributed by atoms with Crippen molar-refractivity contribution in [2.75, 3.05) is 0 Å². The van der Waals surface area contributed by atoms with Crippen molar-refractivity contribution >= 4 is 50.1 Å². The van der Waals surface area contributed by atoms with Crippen LogP contribution >= 0.6 is 50.1 Å². The Hall–Kier alpha value is 0.720. The molecule has 0 aliphatic rings. The molecule has 0 spiro atoms. The first kappa shape index (κ1) is 9.81. The lowest BCUT2D eigenvalue weighted by atomic mass is 10.1. The van der Waals surface area contributed by atoms with E-state index in [1.165, 1.54) is 14.7 Å². The third-order valence-corrected chi connectivity index (χ3v) is 4.68. The molecule has 3 heteroatoms. The highest BCUT2D eigenvalue weighted by Gasteiger charge is 2.03. The Bertz CT molecular complexity index is 273. The van der Waals surface area contributed by atoms with Crippen LogP contribution in [0.25, 0.3) is 0 Å². The molecule has 0 atom stereocenters. The first-order chi connectivity index (χ1) is 5.16. The third kappa shape index (κ3) is 2.10. The Morgan fingerprint density at radius 2 is 2.18 bits per heavy atom. The molecule has 0 bridgehead atoms. The van der Waals surface area contributed by atoms with Gasteiger partial charge in [0.2, 0.25) is 0 Å². The second kappa shape index (κ2) is 4.10. The van der Waals surface area contributed by atoms with Gasteiger partial charge < -0.3 is 0 Å². The van der Waals surface area contributed by atoms with Gasteiger partial charge in [-0.1, -0.05) is 6.07 Å². The largest absolute Gasteiger partial charge is 0.122 e. The van der Waals surface area contributed by atoms with Gasteiger partial charge in [-0.25, -0.2) is 0 Å². The van der Waals surface area contributed by atoms with E-state index in [1.807, 2.05) is 6.07 Å². The molecule has 0 radical (unpaired) electrons. The van der Waals surface area contributed by atoms with Gasteiger partial charge in [-0.05, 0) is 62.6 Å². The second-order valence-electron chi connectivity index (χ2n) is 2.28. The summed E-state index contributed by atoms with van der Waals surface area (Å²) in [6.45, 7) is 2.09. The number of benzene rings is 1. The van der Waals surface area contributed by atoms with Crippen molar-refractivity contribution in [3.05, 3.63) is 31.3 Å². The van der Waals surface area contributed by atoms with E-state index in [4.69, 9.17) is 11.6 Å². The molecule has 0 aromatic heterocycles. The zero-order chi connectivity index (χ0) is 8.43. The van der Waals surface area contributed by atoms with E-state index < -0.39 is 0 Å². The highest BCUT2D eigenvalue weighted by molar-refractivity contribution is 14.1. The maximum Gasteiger partial charge on any atom is 0.0477 e. The molecule has 0 heterocycles. The maximum absolute atomic E-state index is 5.74.